The molecule has 1 aromatic heterocycles. The van der Waals surface area contributed by atoms with E-state index >= 15 is 0 Å². The summed E-state index contributed by atoms with van der Waals surface area (Å²) in [5.41, 5.74) is 0.0411. The number of rotatable bonds is 2. The number of hydrogen-bond donors (Lipinski definition) is 0. The fraction of sp³-hybridized carbons (Fsp3) is 0.500. The van der Waals surface area contributed by atoms with E-state index in [1.807, 2.05) is 0 Å². The van der Waals surface area contributed by atoms with Gasteiger partial charge < -0.3 is 9.64 Å². The van der Waals surface area contributed by atoms with Crippen LogP contribution in [0.15, 0.2) is 6.07 Å². The van der Waals surface area contributed by atoms with Crippen molar-refractivity contribution >= 4 is 29.1 Å². The molecule has 0 radical (unpaired) electrons. The lowest BCUT2D eigenvalue weighted by Crippen LogP contribution is -2.40. The highest BCUT2D eigenvalue weighted by atomic mass is 35.5. The number of aromatic nitrogens is 1. The number of hydrogen-bond acceptors (Lipinski definition) is 3. The number of methoxy groups -OCH3 is 1. The van der Waals surface area contributed by atoms with Crippen LogP contribution in [0.4, 0.5) is 4.39 Å². The summed E-state index contributed by atoms with van der Waals surface area (Å²) >= 11 is 11.3. The molecule has 0 N–H and O–H groups in total. The van der Waals surface area contributed by atoms with E-state index in [0.29, 0.717) is 13.1 Å². The number of amides is 1. The van der Waals surface area contributed by atoms with Gasteiger partial charge in [0, 0.05) is 20.2 Å². The topological polar surface area (TPSA) is 42.4 Å². The van der Waals surface area contributed by atoms with E-state index in [2.05, 4.69) is 4.98 Å². The van der Waals surface area contributed by atoms with Crippen molar-refractivity contribution in [2.75, 3.05) is 20.2 Å². The first-order valence-corrected chi connectivity index (χ1v) is 6.62. The molecule has 0 spiro atoms. The molecule has 1 fully saturated rings. The number of nitrogens with zero attached hydrogens (tertiary/aromatic N) is 2. The van der Waals surface area contributed by atoms with Gasteiger partial charge in [-0.05, 0) is 18.9 Å². The van der Waals surface area contributed by atoms with Crippen LogP contribution in [0, 0.1) is 5.82 Å². The van der Waals surface area contributed by atoms with Gasteiger partial charge in [0.15, 0.2) is 11.0 Å². The van der Waals surface area contributed by atoms with E-state index in [1.54, 1.807) is 12.0 Å². The van der Waals surface area contributed by atoms with Crippen molar-refractivity contribution in [3.05, 3.63) is 27.8 Å². The maximum atomic E-state index is 13.4. The summed E-state index contributed by atoms with van der Waals surface area (Å²) in [6, 6.07) is 1.03. The van der Waals surface area contributed by atoms with Gasteiger partial charge in [-0.15, -0.1) is 0 Å². The van der Waals surface area contributed by atoms with Crippen LogP contribution in [0.25, 0.3) is 0 Å². The average molecular weight is 307 g/mol. The molecule has 7 heteroatoms. The summed E-state index contributed by atoms with van der Waals surface area (Å²) in [6.45, 7) is 1.11. The van der Waals surface area contributed by atoms with Gasteiger partial charge in [-0.3, -0.25) is 4.79 Å². The molecule has 104 valence electrons. The molecular formula is C12H13Cl2FN2O2. The number of halogens is 3. The molecule has 0 saturated carbocycles. The van der Waals surface area contributed by atoms with Crippen LogP contribution in [-0.4, -0.2) is 42.1 Å². The largest absolute Gasteiger partial charge is 0.381 e. The Bertz CT molecular complexity index is 491. The molecule has 19 heavy (non-hydrogen) atoms. The van der Waals surface area contributed by atoms with E-state index in [-0.39, 0.29) is 27.9 Å². The molecule has 1 saturated heterocycles. The van der Waals surface area contributed by atoms with Crippen LogP contribution in [0.3, 0.4) is 0 Å². The minimum Gasteiger partial charge on any atom is -0.381 e. The molecule has 0 aliphatic carbocycles. The van der Waals surface area contributed by atoms with E-state index in [0.717, 1.165) is 18.9 Å². The normalized spacial score (nSPS) is 16.7. The highest BCUT2D eigenvalue weighted by Crippen LogP contribution is 2.23. The number of piperidine rings is 1. The SMILES string of the molecule is COC1CCN(C(=O)c2cc(F)c(Cl)nc2Cl)CC1. The molecule has 2 heterocycles. The monoisotopic (exact) mass is 306 g/mol. The van der Waals surface area contributed by atoms with Crippen molar-refractivity contribution in [2.24, 2.45) is 0 Å². The summed E-state index contributed by atoms with van der Waals surface area (Å²) in [5, 5.41) is -0.412. The lowest BCUT2D eigenvalue weighted by molar-refractivity contribution is 0.0350. The third-order valence-electron chi connectivity index (χ3n) is 3.18. The molecule has 0 atom stereocenters. The number of likely N-dealkylation sites (tertiary alicyclic amines) is 1. The first kappa shape index (κ1) is 14.5. The number of ether oxygens (including phenoxy) is 1. The molecule has 2 rings (SSSR count). The Morgan fingerprint density at radius 1 is 1.42 bits per heavy atom. The summed E-state index contributed by atoms with van der Waals surface area (Å²) in [7, 11) is 1.65. The van der Waals surface area contributed by atoms with Crippen LogP contribution >= 0.6 is 23.2 Å². The van der Waals surface area contributed by atoms with Crippen molar-refractivity contribution < 1.29 is 13.9 Å². The first-order chi connectivity index (χ1) is 9.02. The third kappa shape index (κ3) is 3.16. The summed E-state index contributed by atoms with van der Waals surface area (Å²) in [5.74, 6) is -1.08. The first-order valence-electron chi connectivity index (χ1n) is 5.86. The smallest absolute Gasteiger partial charge is 0.257 e. The summed E-state index contributed by atoms with van der Waals surface area (Å²) in [4.78, 5) is 17.5. The predicted octanol–water partition coefficient (Wildman–Crippen LogP) is 2.78. The minimum absolute atomic E-state index is 0.0411. The second-order valence-electron chi connectivity index (χ2n) is 4.33. The van der Waals surface area contributed by atoms with Crippen molar-refractivity contribution in [3.63, 3.8) is 0 Å². The quantitative estimate of drug-likeness (QED) is 0.789. The molecule has 1 aromatic rings. The lowest BCUT2D eigenvalue weighted by Gasteiger charge is -2.31. The number of carbonyl (C=O) groups is 1. The zero-order valence-corrected chi connectivity index (χ0v) is 11.8. The molecule has 1 aliphatic rings. The van der Waals surface area contributed by atoms with Crippen LogP contribution in [0.2, 0.25) is 10.3 Å². The zero-order valence-electron chi connectivity index (χ0n) is 10.3. The molecule has 0 unspecified atom stereocenters. The Hall–Kier alpha value is -0.910. The zero-order chi connectivity index (χ0) is 14.0. The van der Waals surface area contributed by atoms with E-state index in [9.17, 15) is 9.18 Å². The van der Waals surface area contributed by atoms with Crippen molar-refractivity contribution in [1.82, 2.24) is 9.88 Å². The predicted molar refractivity (Wildman–Crippen MR) is 70.1 cm³/mol. The second kappa shape index (κ2) is 6.03. The van der Waals surface area contributed by atoms with Gasteiger partial charge in [0.05, 0.1) is 11.7 Å². The minimum atomic E-state index is -0.749. The van der Waals surface area contributed by atoms with Crippen LogP contribution < -0.4 is 0 Å². The Kier molecular flexibility index (Phi) is 4.60. The Balaban J connectivity index is 2.14. The maximum absolute atomic E-state index is 13.4. The standard InChI is InChI=1S/C12H13Cl2FN2O2/c1-19-7-2-4-17(5-3-7)12(18)8-6-9(15)11(14)16-10(8)13/h6-7H,2-5H2,1H3. The Morgan fingerprint density at radius 2 is 2.05 bits per heavy atom. The van der Waals surface area contributed by atoms with Gasteiger partial charge in [-0.1, -0.05) is 23.2 Å². The van der Waals surface area contributed by atoms with E-state index in [4.69, 9.17) is 27.9 Å². The van der Waals surface area contributed by atoms with Gasteiger partial charge in [-0.25, -0.2) is 9.37 Å². The van der Waals surface area contributed by atoms with Crippen LogP contribution in [-0.2, 0) is 4.74 Å². The third-order valence-corrected chi connectivity index (χ3v) is 3.73. The van der Waals surface area contributed by atoms with Gasteiger partial charge in [0.25, 0.3) is 5.91 Å². The number of carbonyl (C=O) groups excluding carboxylic acids is 1. The van der Waals surface area contributed by atoms with Crippen LogP contribution in [0.5, 0.6) is 0 Å². The maximum Gasteiger partial charge on any atom is 0.257 e. The van der Waals surface area contributed by atoms with Crippen molar-refractivity contribution in [2.45, 2.75) is 18.9 Å². The van der Waals surface area contributed by atoms with Crippen LogP contribution in [0.1, 0.15) is 23.2 Å². The molecule has 4 nitrogen and oxygen atoms in total. The van der Waals surface area contributed by atoms with Gasteiger partial charge in [0.1, 0.15) is 5.15 Å². The van der Waals surface area contributed by atoms with E-state index in [1.165, 1.54) is 0 Å². The molecule has 1 aliphatic heterocycles. The van der Waals surface area contributed by atoms with Crippen molar-refractivity contribution in [3.8, 4) is 0 Å². The van der Waals surface area contributed by atoms with Gasteiger partial charge in [0.2, 0.25) is 0 Å². The van der Waals surface area contributed by atoms with Gasteiger partial charge in [-0.2, -0.15) is 0 Å². The molecule has 0 bridgehead atoms. The number of pyridine rings is 1. The highest BCUT2D eigenvalue weighted by molar-refractivity contribution is 6.34. The summed E-state index contributed by atoms with van der Waals surface area (Å²) < 4.78 is 18.6. The molecule has 0 aromatic carbocycles. The van der Waals surface area contributed by atoms with Gasteiger partial charge >= 0.3 is 0 Å². The summed E-state index contributed by atoms with van der Waals surface area (Å²) in [6.07, 6.45) is 1.67. The molecular weight excluding hydrogens is 294 g/mol. The highest BCUT2D eigenvalue weighted by Gasteiger charge is 2.26. The van der Waals surface area contributed by atoms with E-state index < -0.39 is 5.82 Å². The average Bonchev–Trinajstić information content (AvgIpc) is 2.42. The fourth-order valence-corrected chi connectivity index (χ4v) is 2.46. The Labute approximate surface area is 120 Å². The fourth-order valence-electron chi connectivity index (χ4n) is 2.06. The molecule has 1 amide bonds. The lowest BCUT2D eigenvalue weighted by atomic mass is 10.1. The Morgan fingerprint density at radius 3 is 2.63 bits per heavy atom. The van der Waals surface area contributed by atoms with Crippen molar-refractivity contribution in [1.29, 1.82) is 0 Å². The second-order valence-corrected chi connectivity index (χ2v) is 5.04.